The molecule has 14 heavy (non-hydrogen) atoms. The van der Waals surface area contributed by atoms with Crippen molar-refractivity contribution in [1.82, 2.24) is 5.32 Å². The summed E-state index contributed by atoms with van der Waals surface area (Å²) in [5.74, 6) is 0. The fourth-order valence-electron chi connectivity index (χ4n) is 1.20. The van der Waals surface area contributed by atoms with Gasteiger partial charge in [-0.3, -0.25) is 0 Å². The van der Waals surface area contributed by atoms with Gasteiger partial charge in [-0.05, 0) is 12.0 Å². The minimum Gasteiger partial charge on any atom is -0.385 e. The molecule has 0 radical (unpaired) electrons. The normalized spacial score (nSPS) is 9.79. The number of rotatable bonds is 6. The van der Waals surface area contributed by atoms with Gasteiger partial charge < -0.3 is 10.1 Å². The van der Waals surface area contributed by atoms with Crippen LogP contribution in [0, 0.1) is 0 Å². The van der Waals surface area contributed by atoms with Crippen molar-refractivity contribution in [1.29, 1.82) is 0 Å². The third kappa shape index (κ3) is 3.62. The second-order valence-corrected chi connectivity index (χ2v) is 3.12. The lowest BCUT2D eigenvalue weighted by atomic mass is 10.2. The Bertz CT molecular complexity index is 269. The van der Waals surface area contributed by atoms with Gasteiger partial charge in [0.15, 0.2) is 0 Å². The summed E-state index contributed by atoms with van der Waals surface area (Å²) in [5, 5.41) is 3.26. The number of methoxy groups -OCH3 is 1. The maximum Gasteiger partial charge on any atom is 0.0479 e. The molecule has 0 atom stereocenters. The van der Waals surface area contributed by atoms with Crippen molar-refractivity contribution < 1.29 is 4.74 Å². The van der Waals surface area contributed by atoms with Crippen molar-refractivity contribution >= 4 is 5.70 Å². The van der Waals surface area contributed by atoms with E-state index in [-0.39, 0.29) is 0 Å². The predicted octanol–water partition coefficient (Wildman–Crippen LogP) is 2.28. The molecular weight excluding hydrogens is 174 g/mol. The van der Waals surface area contributed by atoms with Crippen molar-refractivity contribution in [3.8, 4) is 0 Å². The molecule has 0 aliphatic rings. The first kappa shape index (κ1) is 10.8. The molecule has 0 heterocycles. The molecule has 0 aliphatic heterocycles. The fourth-order valence-corrected chi connectivity index (χ4v) is 1.20. The molecule has 0 amide bonds. The first-order chi connectivity index (χ1) is 6.84. The van der Waals surface area contributed by atoms with E-state index in [1.807, 2.05) is 30.3 Å². The molecule has 0 fully saturated rings. The highest BCUT2D eigenvalue weighted by atomic mass is 16.5. The van der Waals surface area contributed by atoms with E-state index in [1.54, 1.807) is 7.11 Å². The summed E-state index contributed by atoms with van der Waals surface area (Å²) in [6.45, 7) is 5.66. The Labute approximate surface area is 85.6 Å². The van der Waals surface area contributed by atoms with Crippen LogP contribution in [0.1, 0.15) is 12.0 Å². The van der Waals surface area contributed by atoms with Crippen molar-refractivity contribution in [3.63, 3.8) is 0 Å². The molecule has 0 saturated heterocycles. The molecule has 0 unspecified atom stereocenters. The molecule has 2 nitrogen and oxygen atoms in total. The van der Waals surface area contributed by atoms with E-state index < -0.39 is 0 Å². The van der Waals surface area contributed by atoms with Crippen LogP contribution in [0.2, 0.25) is 0 Å². The highest BCUT2D eigenvalue weighted by molar-refractivity contribution is 5.61. The highest BCUT2D eigenvalue weighted by Crippen LogP contribution is 2.07. The number of benzene rings is 1. The largest absolute Gasteiger partial charge is 0.385 e. The summed E-state index contributed by atoms with van der Waals surface area (Å²) < 4.78 is 4.96. The smallest absolute Gasteiger partial charge is 0.0479 e. The van der Waals surface area contributed by atoms with E-state index in [4.69, 9.17) is 4.74 Å². The van der Waals surface area contributed by atoms with Crippen LogP contribution < -0.4 is 5.32 Å². The highest BCUT2D eigenvalue weighted by Gasteiger charge is 1.95. The molecule has 76 valence electrons. The van der Waals surface area contributed by atoms with Crippen LogP contribution in [0.4, 0.5) is 0 Å². The average Bonchev–Trinajstić information content (AvgIpc) is 2.25. The minimum absolute atomic E-state index is 0.787. The maximum absolute atomic E-state index is 4.96. The van der Waals surface area contributed by atoms with Crippen LogP contribution in [-0.4, -0.2) is 20.3 Å². The second-order valence-electron chi connectivity index (χ2n) is 3.12. The van der Waals surface area contributed by atoms with Crippen molar-refractivity contribution in [2.24, 2.45) is 0 Å². The van der Waals surface area contributed by atoms with Gasteiger partial charge in [0.2, 0.25) is 0 Å². The third-order valence-corrected chi connectivity index (χ3v) is 1.99. The quantitative estimate of drug-likeness (QED) is 0.696. The molecule has 1 aromatic rings. The zero-order valence-corrected chi connectivity index (χ0v) is 8.62. The Morgan fingerprint density at radius 2 is 2.07 bits per heavy atom. The summed E-state index contributed by atoms with van der Waals surface area (Å²) in [5.41, 5.74) is 2.12. The molecule has 1 rings (SSSR count). The van der Waals surface area contributed by atoms with Crippen molar-refractivity contribution in [2.75, 3.05) is 20.3 Å². The average molecular weight is 191 g/mol. The molecule has 0 aromatic heterocycles. The van der Waals surface area contributed by atoms with Gasteiger partial charge >= 0.3 is 0 Å². The Morgan fingerprint density at radius 1 is 1.36 bits per heavy atom. The van der Waals surface area contributed by atoms with Crippen molar-refractivity contribution in [3.05, 3.63) is 42.5 Å². The van der Waals surface area contributed by atoms with Crippen molar-refractivity contribution in [2.45, 2.75) is 6.42 Å². The van der Waals surface area contributed by atoms with Gasteiger partial charge in [0.05, 0.1) is 0 Å². The van der Waals surface area contributed by atoms with E-state index in [0.29, 0.717) is 0 Å². The van der Waals surface area contributed by atoms with Gasteiger partial charge in [0, 0.05) is 26.0 Å². The van der Waals surface area contributed by atoms with Gasteiger partial charge in [-0.25, -0.2) is 0 Å². The van der Waals surface area contributed by atoms with Gasteiger partial charge in [-0.2, -0.15) is 0 Å². The van der Waals surface area contributed by atoms with E-state index >= 15 is 0 Å². The number of nitrogens with one attached hydrogen (secondary N) is 1. The van der Waals surface area contributed by atoms with Crippen LogP contribution in [-0.2, 0) is 4.74 Å². The Hall–Kier alpha value is -1.28. The summed E-state index contributed by atoms with van der Waals surface area (Å²) in [4.78, 5) is 0. The lowest BCUT2D eigenvalue weighted by Crippen LogP contribution is -2.14. The van der Waals surface area contributed by atoms with E-state index in [0.717, 1.165) is 30.8 Å². The summed E-state index contributed by atoms with van der Waals surface area (Å²) >= 11 is 0. The van der Waals surface area contributed by atoms with Crippen LogP contribution in [0.25, 0.3) is 5.70 Å². The lowest BCUT2D eigenvalue weighted by molar-refractivity contribution is 0.195. The monoisotopic (exact) mass is 191 g/mol. The van der Waals surface area contributed by atoms with Crippen LogP contribution in [0.15, 0.2) is 36.9 Å². The van der Waals surface area contributed by atoms with Gasteiger partial charge in [0.1, 0.15) is 0 Å². The molecule has 1 aromatic carbocycles. The van der Waals surface area contributed by atoms with Gasteiger partial charge in [0.25, 0.3) is 0 Å². The van der Waals surface area contributed by atoms with E-state index in [2.05, 4.69) is 11.9 Å². The summed E-state index contributed by atoms with van der Waals surface area (Å²) in [6.07, 6.45) is 1.00. The zero-order chi connectivity index (χ0) is 10.2. The molecule has 0 saturated carbocycles. The van der Waals surface area contributed by atoms with Crippen LogP contribution in [0.5, 0.6) is 0 Å². The minimum atomic E-state index is 0.787. The van der Waals surface area contributed by atoms with Gasteiger partial charge in [-0.1, -0.05) is 36.9 Å². The maximum atomic E-state index is 4.96. The van der Waals surface area contributed by atoms with E-state index in [9.17, 15) is 0 Å². The summed E-state index contributed by atoms with van der Waals surface area (Å²) in [7, 11) is 1.71. The second kappa shape index (κ2) is 6.22. The molecule has 2 heteroatoms. The number of hydrogen-bond donors (Lipinski definition) is 1. The van der Waals surface area contributed by atoms with E-state index in [1.165, 1.54) is 0 Å². The molecule has 0 bridgehead atoms. The number of hydrogen-bond acceptors (Lipinski definition) is 2. The van der Waals surface area contributed by atoms with Crippen LogP contribution >= 0.6 is 0 Å². The SMILES string of the molecule is C=C(NCCCOC)c1ccccc1. The lowest BCUT2D eigenvalue weighted by Gasteiger charge is -2.08. The summed E-state index contributed by atoms with van der Waals surface area (Å²) in [6, 6.07) is 10.1. The first-order valence-corrected chi connectivity index (χ1v) is 4.81. The van der Waals surface area contributed by atoms with Gasteiger partial charge in [-0.15, -0.1) is 0 Å². The Balaban J connectivity index is 2.29. The standard InChI is InChI=1S/C12H17NO/c1-11(13-9-6-10-14-2)12-7-4-3-5-8-12/h3-5,7-8,13H,1,6,9-10H2,2H3. The topological polar surface area (TPSA) is 21.3 Å². The molecule has 1 N–H and O–H groups in total. The number of ether oxygens (including phenoxy) is 1. The molecular formula is C12H17NO. The third-order valence-electron chi connectivity index (χ3n) is 1.99. The van der Waals surface area contributed by atoms with Crippen LogP contribution in [0.3, 0.4) is 0 Å². The predicted molar refractivity (Wildman–Crippen MR) is 60.0 cm³/mol. The molecule has 0 aliphatic carbocycles. The zero-order valence-electron chi connectivity index (χ0n) is 8.62. The fraction of sp³-hybridized carbons (Fsp3) is 0.333. The molecule has 0 spiro atoms. The first-order valence-electron chi connectivity index (χ1n) is 4.81. The Morgan fingerprint density at radius 3 is 2.71 bits per heavy atom. The Kier molecular flexibility index (Phi) is 4.79.